The highest BCUT2D eigenvalue weighted by Gasteiger charge is 2.34. The van der Waals surface area contributed by atoms with Crippen molar-refractivity contribution in [2.45, 2.75) is 25.6 Å². The normalized spacial score (nSPS) is 24.7. The molecular formula is C16H26N4O3. The van der Waals surface area contributed by atoms with Crippen LogP contribution in [0.15, 0.2) is 12.4 Å². The van der Waals surface area contributed by atoms with Crippen molar-refractivity contribution >= 4 is 11.6 Å². The minimum atomic E-state index is -0.231. The molecule has 2 saturated heterocycles. The molecule has 0 radical (unpaired) electrons. The van der Waals surface area contributed by atoms with E-state index >= 15 is 0 Å². The van der Waals surface area contributed by atoms with Crippen molar-refractivity contribution < 1.29 is 14.2 Å². The molecule has 0 bridgehead atoms. The quantitative estimate of drug-likeness (QED) is 0.817. The summed E-state index contributed by atoms with van der Waals surface area (Å²) in [7, 11) is 1.70. The third-order valence-corrected chi connectivity index (χ3v) is 4.13. The van der Waals surface area contributed by atoms with Crippen molar-refractivity contribution in [3.8, 4) is 0 Å². The van der Waals surface area contributed by atoms with Gasteiger partial charge in [0.1, 0.15) is 18.0 Å². The summed E-state index contributed by atoms with van der Waals surface area (Å²) in [5.74, 6) is 1.91. The minimum Gasteiger partial charge on any atom is -0.382 e. The van der Waals surface area contributed by atoms with Gasteiger partial charge in [-0.2, -0.15) is 0 Å². The average molecular weight is 322 g/mol. The molecule has 0 aliphatic carbocycles. The summed E-state index contributed by atoms with van der Waals surface area (Å²) in [5, 5.41) is 0. The largest absolute Gasteiger partial charge is 0.382 e. The van der Waals surface area contributed by atoms with Crippen LogP contribution >= 0.6 is 0 Å². The molecule has 128 valence electrons. The highest BCUT2D eigenvalue weighted by Crippen LogP contribution is 2.26. The lowest BCUT2D eigenvalue weighted by Crippen LogP contribution is -2.54. The van der Waals surface area contributed by atoms with Gasteiger partial charge in [-0.15, -0.1) is 0 Å². The summed E-state index contributed by atoms with van der Waals surface area (Å²) in [5.41, 5.74) is -0.231. The second-order valence-corrected chi connectivity index (χ2v) is 6.67. The number of morpholine rings is 2. The van der Waals surface area contributed by atoms with Gasteiger partial charge in [0.25, 0.3) is 0 Å². The molecule has 2 aliphatic rings. The highest BCUT2D eigenvalue weighted by atomic mass is 16.5. The molecule has 0 aromatic carbocycles. The maximum Gasteiger partial charge on any atom is 0.134 e. The number of hydrogen-bond donors (Lipinski definition) is 0. The monoisotopic (exact) mass is 322 g/mol. The van der Waals surface area contributed by atoms with Crippen molar-refractivity contribution in [3.63, 3.8) is 0 Å². The molecule has 0 N–H and O–H groups in total. The first-order valence-electron chi connectivity index (χ1n) is 8.14. The van der Waals surface area contributed by atoms with Crippen molar-refractivity contribution in [2.24, 2.45) is 0 Å². The Balaban J connectivity index is 1.77. The molecule has 1 aromatic heterocycles. The van der Waals surface area contributed by atoms with E-state index in [4.69, 9.17) is 14.2 Å². The van der Waals surface area contributed by atoms with Gasteiger partial charge >= 0.3 is 0 Å². The first kappa shape index (κ1) is 16.4. The summed E-state index contributed by atoms with van der Waals surface area (Å²) in [4.78, 5) is 13.4. The number of ether oxygens (including phenoxy) is 3. The molecule has 0 saturated carbocycles. The standard InChI is InChI=1S/C16H26N4O3/c1-16(2)11-20(9-13(23-16)10-21-3)15-8-14(17-12-18-15)19-4-6-22-7-5-19/h8,12-13H,4-7,9-11H2,1-3H3. The fraction of sp³-hybridized carbons (Fsp3) is 0.750. The molecule has 23 heavy (non-hydrogen) atoms. The Morgan fingerprint density at radius 1 is 1.22 bits per heavy atom. The van der Waals surface area contributed by atoms with E-state index in [-0.39, 0.29) is 11.7 Å². The number of nitrogens with zero attached hydrogens (tertiary/aromatic N) is 4. The molecule has 3 rings (SSSR count). The van der Waals surface area contributed by atoms with Crippen LogP contribution in [-0.2, 0) is 14.2 Å². The average Bonchev–Trinajstić information content (AvgIpc) is 2.55. The van der Waals surface area contributed by atoms with Gasteiger partial charge in [-0.3, -0.25) is 0 Å². The Kier molecular flexibility index (Phi) is 4.99. The van der Waals surface area contributed by atoms with E-state index in [9.17, 15) is 0 Å². The first-order valence-corrected chi connectivity index (χ1v) is 8.14. The third-order valence-electron chi connectivity index (χ3n) is 4.13. The number of methoxy groups -OCH3 is 1. The van der Waals surface area contributed by atoms with Crippen LogP contribution < -0.4 is 9.80 Å². The van der Waals surface area contributed by atoms with Gasteiger partial charge < -0.3 is 24.0 Å². The van der Waals surface area contributed by atoms with Crippen LogP contribution in [0.5, 0.6) is 0 Å². The molecular weight excluding hydrogens is 296 g/mol. The molecule has 1 aromatic rings. The van der Waals surface area contributed by atoms with Crippen LogP contribution in [-0.4, -0.2) is 74.8 Å². The van der Waals surface area contributed by atoms with Crippen LogP contribution in [0.2, 0.25) is 0 Å². The molecule has 7 heteroatoms. The summed E-state index contributed by atoms with van der Waals surface area (Å²) in [6.45, 7) is 9.61. The zero-order chi connectivity index (χ0) is 16.3. The van der Waals surface area contributed by atoms with Gasteiger partial charge in [-0.05, 0) is 13.8 Å². The molecule has 2 aliphatic heterocycles. The maximum atomic E-state index is 6.08. The lowest BCUT2D eigenvalue weighted by molar-refractivity contribution is -0.106. The van der Waals surface area contributed by atoms with E-state index in [2.05, 4.69) is 39.7 Å². The molecule has 0 amide bonds. The van der Waals surface area contributed by atoms with E-state index < -0.39 is 0 Å². The second kappa shape index (κ2) is 6.98. The Labute approximate surface area is 137 Å². The van der Waals surface area contributed by atoms with Crippen molar-refractivity contribution in [2.75, 3.05) is 62.9 Å². The van der Waals surface area contributed by atoms with E-state index in [1.807, 2.05) is 0 Å². The van der Waals surface area contributed by atoms with Gasteiger partial charge in [0.15, 0.2) is 0 Å². The topological polar surface area (TPSA) is 60.0 Å². The van der Waals surface area contributed by atoms with Gasteiger partial charge in [-0.1, -0.05) is 0 Å². The summed E-state index contributed by atoms with van der Waals surface area (Å²) >= 11 is 0. The van der Waals surface area contributed by atoms with E-state index in [0.717, 1.165) is 51.0 Å². The fourth-order valence-electron chi connectivity index (χ4n) is 3.22. The van der Waals surface area contributed by atoms with Gasteiger partial charge in [0, 0.05) is 39.4 Å². The zero-order valence-corrected chi connectivity index (χ0v) is 14.2. The highest BCUT2D eigenvalue weighted by molar-refractivity contribution is 5.51. The number of anilines is 2. The molecule has 0 spiro atoms. The molecule has 7 nitrogen and oxygen atoms in total. The molecule has 3 heterocycles. The first-order chi connectivity index (χ1) is 11.1. The number of aromatic nitrogens is 2. The van der Waals surface area contributed by atoms with Gasteiger partial charge in [0.2, 0.25) is 0 Å². The van der Waals surface area contributed by atoms with E-state index in [1.165, 1.54) is 0 Å². The SMILES string of the molecule is COCC1CN(c2cc(N3CCOCC3)ncn2)CC(C)(C)O1. The van der Waals surface area contributed by atoms with E-state index in [0.29, 0.717) is 6.61 Å². The van der Waals surface area contributed by atoms with Crippen LogP contribution in [0.25, 0.3) is 0 Å². The minimum absolute atomic E-state index is 0.0468. The Hall–Kier alpha value is -1.44. The molecule has 1 atom stereocenters. The van der Waals surface area contributed by atoms with Crippen LogP contribution in [0.4, 0.5) is 11.6 Å². The van der Waals surface area contributed by atoms with Gasteiger partial charge in [-0.25, -0.2) is 9.97 Å². The van der Waals surface area contributed by atoms with Crippen LogP contribution in [0.3, 0.4) is 0 Å². The van der Waals surface area contributed by atoms with Crippen molar-refractivity contribution in [1.29, 1.82) is 0 Å². The second-order valence-electron chi connectivity index (χ2n) is 6.67. The Bertz CT molecular complexity index is 520. The molecule has 2 fully saturated rings. The predicted octanol–water partition coefficient (Wildman–Crippen LogP) is 0.943. The smallest absolute Gasteiger partial charge is 0.134 e. The van der Waals surface area contributed by atoms with Crippen molar-refractivity contribution in [1.82, 2.24) is 9.97 Å². The van der Waals surface area contributed by atoms with Crippen molar-refractivity contribution in [3.05, 3.63) is 12.4 Å². The van der Waals surface area contributed by atoms with Crippen LogP contribution in [0.1, 0.15) is 13.8 Å². The summed E-state index contributed by atoms with van der Waals surface area (Å²) < 4.78 is 16.8. The Morgan fingerprint density at radius 2 is 1.91 bits per heavy atom. The third kappa shape index (κ3) is 4.10. The molecule has 1 unspecified atom stereocenters. The maximum absolute atomic E-state index is 6.08. The number of hydrogen-bond acceptors (Lipinski definition) is 7. The predicted molar refractivity (Wildman–Crippen MR) is 88.1 cm³/mol. The lowest BCUT2D eigenvalue weighted by Gasteiger charge is -2.43. The van der Waals surface area contributed by atoms with Gasteiger partial charge in [0.05, 0.1) is 31.5 Å². The van der Waals surface area contributed by atoms with E-state index in [1.54, 1.807) is 13.4 Å². The summed E-state index contributed by atoms with van der Waals surface area (Å²) in [6, 6.07) is 2.07. The lowest BCUT2D eigenvalue weighted by atomic mass is 10.1. The Morgan fingerprint density at radius 3 is 2.61 bits per heavy atom. The number of rotatable bonds is 4. The fourth-order valence-corrected chi connectivity index (χ4v) is 3.22. The van der Waals surface area contributed by atoms with Crippen LogP contribution in [0, 0.1) is 0 Å². The summed E-state index contributed by atoms with van der Waals surface area (Å²) in [6.07, 6.45) is 1.69. The zero-order valence-electron chi connectivity index (χ0n) is 14.2.